The molecule has 124 valence electrons. The fraction of sp³-hybridized carbons (Fsp3) is 0.235. The van der Waals surface area contributed by atoms with E-state index in [2.05, 4.69) is 15.2 Å². The SMILES string of the molecule is O=CN1CCN(c2ccnc(C(=O)Nc3ccccc3Cl)c2)CC1. The Balaban J connectivity index is 1.72. The van der Waals surface area contributed by atoms with Gasteiger partial charge in [-0.25, -0.2) is 0 Å². The lowest BCUT2D eigenvalue weighted by molar-refractivity contribution is -0.118. The minimum Gasteiger partial charge on any atom is -0.368 e. The predicted molar refractivity (Wildman–Crippen MR) is 93.5 cm³/mol. The number of pyridine rings is 1. The molecule has 1 aromatic carbocycles. The third kappa shape index (κ3) is 3.65. The summed E-state index contributed by atoms with van der Waals surface area (Å²) in [5.74, 6) is -0.309. The molecule has 1 fully saturated rings. The molecule has 6 nitrogen and oxygen atoms in total. The molecular weight excluding hydrogens is 328 g/mol. The molecule has 1 aliphatic rings. The number of aromatic nitrogens is 1. The van der Waals surface area contributed by atoms with E-state index in [0.29, 0.717) is 29.5 Å². The van der Waals surface area contributed by atoms with Crippen molar-refractivity contribution in [3.8, 4) is 0 Å². The van der Waals surface area contributed by atoms with E-state index in [1.165, 1.54) is 0 Å². The molecule has 2 amide bonds. The monoisotopic (exact) mass is 344 g/mol. The van der Waals surface area contributed by atoms with Crippen LogP contribution in [0, 0.1) is 0 Å². The Kier molecular flexibility index (Phi) is 4.96. The maximum Gasteiger partial charge on any atom is 0.274 e. The Morgan fingerprint density at radius 1 is 1.17 bits per heavy atom. The molecule has 24 heavy (non-hydrogen) atoms. The first kappa shape index (κ1) is 16.3. The summed E-state index contributed by atoms with van der Waals surface area (Å²) in [5, 5.41) is 3.25. The van der Waals surface area contributed by atoms with Crippen molar-refractivity contribution >= 4 is 35.3 Å². The third-order valence-electron chi connectivity index (χ3n) is 3.93. The minimum atomic E-state index is -0.309. The van der Waals surface area contributed by atoms with E-state index >= 15 is 0 Å². The van der Waals surface area contributed by atoms with E-state index in [-0.39, 0.29) is 5.91 Å². The van der Waals surface area contributed by atoms with Crippen molar-refractivity contribution in [1.82, 2.24) is 9.88 Å². The summed E-state index contributed by atoms with van der Waals surface area (Å²) in [4.78, 5) is 31.2. The molecule has 3 rings (SSSR count). The van der Waals surface area contributed by atoms with Gasteiger partial charge in [0.05, 0.1) is 10.7 Å². The Morgan fingerprint density at radius 3 is 2.62 bits per heavy atom. The molecule has 0 unspecified atom stereocenters. The van der Waals surface area contributed by atoms with Gasteiger partial charge in [0.15, 0.2) is 0 Å². The van der Waals surface area contributed by atoms with Gasteiger partial charge < -0.3 is 15.1 Å². The van der Waals surface area contributed by atoms with Crippen molar-refractivity contribution in [2.45, 2.75) is 0 Å². The van der Waals surface area contributed by atoms with E-state index in [4.69, 9.17) is 11.6 Å². The number of hydrogen-bond acceptors (Lipinski definition) is 4. The lowest BCUT2D eigenvalue weighted by Gasteiger charge is -2.34. The predicted octanol–water partition coefficient (Wildman–Crippen LogP) is 2.27. The molecule has 0 aliphatic carbocycles. The summed E-state index contributed by atoms with van der Waals surface area (Å²) >= 11 is 6.06. The summed E-state index contributed by atoms with van der Waals surface area (Å²) in [6.45, 7) is 2.81. The van der Waals surface area contributed by atoms with Crippen LogP contribution in [0.4, 0.5) is 11.4 Å². The third-order valence-corrected chi connectivity index (χ3v) is 4.26. The van der Waals surface area contributed by atoms with Crippen LogP contribution in [0.5, 0.6) is 0 Å². The summed E-state index contributed by atoms with van der Waals surface area (Å²) in [6.07, 6.45) is 2.48. The van der Waals surface area contributed by atoms with Gasteiger partial charge in [0.1, 0.15) is 5.69 Å². The van der Waals surface area contributed by atoms with Crippen LogP contribution in [0.15, 0.2) is 42.6 Å². The second-order valence-corrected chi connectivity index (χ2v) is 5.87. The summed E-state index contributed by atoms with van der Waals surface area (Å²) in [5.41, 5.74) is 1.79. The van der Waals surface area contributed by atoms with Crippen LogP contribution in [0.25, 0.3) is 0 Å². The molecule has 1 aromatic heterocycles. The zero-order valence-electron chi connectivity index (χ0n) is 13.0. The Bertz CT molecular complexity index is 745. The first-order valence-corrected chi connectivity index (χ1v) is 8.01. The normalized spacial score (nSPS) is 14.4. The number of para-hydroxylation sites is 1. The number of rotatable bonds is 4. The number of halogens is 1. The molecule has 0 atom stereocenters. The average molecular weight is 345 g/mol. The molecule has 0 radical (unpaired) electrons. The van der Waals surface area contributed by atoms with E-state index in [0.717, 1.165) is 25.2 Å². The van der Waals surface area contributed by atoms with Gasteiger partial charge in [-0.3, -0.25) is 14.6 Å². The lowest BCUT2D eigenvalue weighted by Crippen LogP contribution is -2.45. The fourth-order valence-electron chi connectivity index (χ4n) is 2.57. The molecule has 0 bridgehead atoms. The standard InChI is InChI=1S/C17H17ClN4O2/c18-14-3-1-2-4-15(14)20-17(24)16-11-13(5-6-19-16)22-9-7-21(12-23)8-10-22/h1-6,11-12H,7-10H2,(H,20,24). The maximum absolute atomic E-state index is 12.4. The lowest BCUT2D eigenvalue weighted by atomic mass is 10.2. The Morgan fingerprint density at radius 2 is 1.92 bits per heavy atom. The topological polar surface area (TPSA) is 65.5 Å². The second-order valence-electron chi connectivity index (χ2n) is 5.46. The zero-order chi connectivity index (χ0) is 16.9. The highest BCUT2D eigenvalue weighted by atomic mass is 35.5. The number of nitrogens with one attached hydrogen (secondary N) is 1. The van der Waals surface area contributed by atoms with Crippen LogP contribution in [-0.2, 0) is 4.79 Å². The summed E-state index contributed by atoms with van der Waals surface area (Å²) < 4.78 is 0. The summed E-state index contributed by atoms with van der Waals surface area (Å²) in [7, 11) is 0. The number of amides is 2. The van der Waals surface area contributed by atoms with Crippen LogP contribution >= 0.6 is 11.6 Å². The molecule has 2 heterocycles. The van der Waals surface area contributed by atoms with Crippen molar-refractivity contribution in [3.05, 3.63) is 53.3 Å². The average Bonchev–Trinajstić information content (AvgIpc) is 2.64. The number of benzene rings is 1. The highest BCUT2D eigenvalue weighted by Gasteiger charge is 2.17. The fourth-order valence-corrected chi connectivity index (χ4v) is 2.76. The quantitative estimate of drug-likeness (QED) is 0.864. The zero-order valence-corrected chi connectivity index (χ0v) is 13.7. The van der Waals surface area contributed by atoms with Gasteiger partial charge in [0.25, 0.3) is 5.91 Å². The van der Waals surface area contributed by atoms with Gasteiger partial charge in [-0.1, -0.05) is 23.7 Å². The smallest absolute Gasteiger partial charge is 0.274 e. The van der Waals surface area contributed by atoms with E-state index < -0.39 is 0 Å². The largest absolute Gasteiger partial charge is 0.368 e. The van der Waals surface area contributed by atoms with Gasteiger partial charge in [-0.2, -0.15) is 0 Å². The van der Waals surface area contributed by atoms with Crippen LogP contribution in [0.1, 0.15) is 10.5 Å². The molecule has 1 saturated heterocycles. The molecule has 0 spiro atoms. The Hall–Kier alpha value is -2.60. The molecule has 2 aromatic rings. The molecule has 1 aliphatic heterocycles. The number of anilines is 2. The van der Waals surface area contributed by atoms with Crippen molar-refractivity contribution in [2.24, 2.45) is 0 Å². The number of piperazine rings is 1. The van der Waals surface area contributed by atoms with Gasteiger partial charge in [0.2, 0.25) is 6.41 Å². The number of nitrogens with zero attached hydrogens (tertiary/aromatic N) is 3. The van der Waals surface area contributed by atoms with Crippen LogP contribution in [0.3, 0.4) is 0 Å². The molecule has 7 heteroatoms. The van der Waals surface area contributed by atoms with Crippen molar-refractivity contribution < 1.29 is 9.59 Å². The van der Waals surface area contributed by atoms with Crippen molar-refractivity contribution in [2.75, 3.05) is 36.4 Å². The van der Waals surface area contributed by atoms with Crippen LogP contribution in [0.2, 0.25) is 5.02 Å². The van der Waals surface area contributed by atoms with Gasteiger partial charge >= 0.3 is 0 Å². The molecular formula is C17H17ClN4O2. The second kappa shape index (κ2) is 7.31. The number of carbonyl (C=O) groups is 2. The number of carbonyl (C=O) groups excluding carboxylic acids is 2. The first-order chi connectivity index (χ1) is 11.7. The summed E-state index contributed by atoms with van der Waals surface area (Å²) in [6, 6.07) is 10.7. The van der Waals surface area contributed by atoms with Gasteiger partial charge in [-0.05, 0) is 24.3 Å². The van der Waals surface area contributed by atoms with Crippen LogP contribution in [-0.4, -0.2) is 48.4 Å². The highest BCUT2D eigenvalue weighted by molar-refractivity contribution is 6.33. The minimum absolute atomic E-state index is 0.309. The van der Waals surface area contributed by atoms with Gasteiger partial charge in [-0.15, -0.1) is 0 Å². The maximum atomic E-state index is 12.4. The van der Waals surface area contributed by atoms with Crippen LogP contribution < -0.4 is 10.2 Å². The molecule has 1 N–H and O–H groups in total. The van der Waals surface area contributed by atoms with E-state index in [1.54, 1.807) is 41.4 Å². The van der Waals surface area contributed by atoms with Gasteiger partial charge in [0, 0.05) is 38.1 Å². The Labute approximate surface area is 145 Å². The first-order valence-electron chi connectivity index (χ1n) is 7.63. The molecule has 0 saturated carbocycles. The van der Waals surface area contributed by atoms with Crippen molar-refractivity contribution in [3.63, 3.8) is 0 Å². The van der Waals surface area contributed by atoms with E-state index in [9.17, 15) is 9.59 Å². The number of hydrogen-bond donors (Lipinski definition) is 1. The van der Waals surface area contributed by atoms with E-state index in [1.807, 2.05) is 6.07 Å². The van der Waals surface area contributed by atoms with Crippen molar-refractivity contribution in [1.29, 1.82) is 0 Å². The highest BCUT2D eigenvalue weighted by Crippen LogP contribution is 2.22.